The lowest BCUT2D eigenvalue weighted by atomic mass is 10.1. The highest BCUT2D eigenvalue weighted by Crippen LogP contribution is 2.18. The van der Waals surface area contributed by atoms with Crippen LogP contribution in [0.3, 0.4) is 0 Å². The van der Waals surface area contributed by atoms with Crippen molar-refractivity contribution in [2.75, 3.05) is 13.2 Å². The van der Waals surface area contributed by atoms with E-state index in [9.17, 15) is 0 Å². The first-order valence-corrected chi connectivity index (χ1v) is 12.0. The Morgan fingerprint density at radius 2 is 0.778 bits per heavy atom. The Kier molecular flexibility index (Phi) is 7.54. The maximum Gasteiger partial charge on any atom is 0.182 e. The summed E-state index contributed by atoms with van der Waals surface area (Å²) in [6.45, 7) is 2.72. The first kappa shape index (κ1) is 23.2. The quantitative estimate of drug-likeness (QED) is 0.278. The van der Waals surface area contributed by atoms with E-state index in [1.807, 2.05) is 73.3 Å². The minimum Gasteiger partial charge on any atom is -0.487 e. The molecule has 4 aromatic heterocycles. The van der Waals surface area contributed by atoms with Gasteiger partial charge in [0.25, 0.3) is 0 Å². The highest BCUT2D eigenvalue weighted by Gasteiger charge is 2.06. The van der Waals surface area contributed by atoms with E-state index in [1.54, 1.807) is 0 Å². The van der Waals surface area contributed by atoms with E-state index < -0.39 is 0 Å². The van der Waals surface area contributed by atoms with E-state index in [4.69, 9.17) is 9.47 Å². The lowest BCUT2D eigenvalue weighted by Gasteiger charge is -2.07. The molecule has 1 aromatic carbocycles. The van der Waals surface area contributed by atoms with Gasteiger partial charge in [0.05, 0.1) is 0 Å². The summed E-state index contributed by atoms with van der Waals surface area (Å²) in [7, 11) is 0. The van der Waals surface area contributed by atoms with Crippen LogP contribution in [0.15, 0.2) is 122 Å². The molecule has 0 saturated heterocycles. The number of hydrogen-bond acceptors (Lipinski definition) is 4. The number of hydrogen-bond donors (Lipinski definition) is 0. The summed E-state index contributed by atoms with van der Waals surface area (Å²) in [6, 6.07) is 24.3. The third-order valence-electron chi connectivity index (χ3n) is 5.87. The van der Waals surface area contributed by atoms with Crippen molar-refractivity contribution in [2.24, 2.45) is 0 Å². The largest absolute Gasteiger partial charge is 0.487 e. The van der Waals surface area contributed by atoms with Crippen LogP contribution in [0.1, 0.15) is 0 Å². The van der Waals surface area contributed by atoms with Gasteiger partial charge in [-0.15, -0.1) is 0 Å². The predicted molar refractivity (Wildman–Crippen MR) is 137 cm³/mol. The highest BCUT2D eigenvalue weighted by atomic mass is 16.5. The smallest absolute Gasteiger partial charge is 0.182 e. The number of benzene rings is 1. The fourth-order valence-electron chi connectivity index (χ4n) is 3.86. The number of ether oxygens (including phenoxy) is 2. The topological polar surface area (TPSA) is 52.0 Å². The van der Waals surface area contributed by atoms with Crippen LogP contribution in [0.25, 0.3) is 22.3 Å². The second-order valence-corrected chi connectivity index (χ2v) is 8.29. The molecule has 0 radical (unpaired) electrons. The van der Waals surface area contributed by atoms with Crippen LogP contribution in [0.4, 0.5) is 0 Å². The summed E-state index contributed by atoms with van der Waals surface area (Å²) in [5, 5.41) is 0. The molecule has 6 heteroatoms. The molecule has 0 aliphatic heterocycles. The van der Waals surface area contributed by atoms with Gasteiger partial charge in [0.2, 0.25) is 0 Å². The van der Waals surface area contributed by atoms with Crippen molar-refractivity contribution < 1.29 is 18.6 Å². The number of pyridine rings is 4. The van der Waals surface area contributed by atoms with Crippen molar-refractivity contribution in [3.8, 4) is 33.8 Å². The van der Waals surface area contributed by atoms with Gasteiger partial charge in [0, 0.05) is 49.1 Å². The van der Waals surface area contributed by atoms with Crippen molar-refractivity contribution in [1.29, 1.82) is 0 Å². The molecule has 4 heterocycles. The molecule has 5 rings (SSSR count). The van der Waals surface area contributed by atoms with Gasteiger partial charge in [0.1, 0.15) is 24.7 Å². The van der Waals surface area contributed by atoms with E-state index >= 15 is 0 Å². The first-order valence-electron chi connectivity index (χ1n) is 12.0. The Hall–Kier alpha value is -4.58. The van der Waals surface area contributed by atoms with Gasteiger partial charge in [-0.3, -0.25) is 9.97 Å². The zero-order chi connectivity index (χ0) is 24.4. The fourth-order valence-corrected chi connectivity index (χ4v) is 3.86. The van der Waals surface area contributed by atoms with Crippen LogP contribution < -0.4 is 18.6 Å². The maximum absolute atomic E-state index is 5.91. The Balaban J connectivity index is 1.04. The highest BCUT2D eigenvalue weighted by molar-refractivity contribution is 5.62. The molecule has 0 N–H and O–H groups in total. The summed E-state index contributed by atoms with van der Waals surface area (Å²) in [6.07, 6.45) is 15.5. The molecule has 0 bridgehead atoms. The van der Waals surface area contributed by atoms with Gasteiger partial charge in [-0.25, -0.2) is 9.13 Å². The minimum absolute atomic E-state index is 0.589. The summed E-state index contributed by atoms with van der Waals surface area (Å²) in [5.74, 6) is 1.66. The summed E-state index contributed by atoms with van der Waals surface area (Å²) < 4.78 is 16.0. The Morgan fingerprint density at radius 3 is 1.14 bits per heavy atom. The summed E-state index contributed by atoms with van der Waals surface area (Å²) in [5.41, 5.74) is 4.66. The van der Waals surface area contributed by atoms with Crippen molar-refractivity contribution in [2.45, 2.75) is 13.1 Å². The second-order valence-electron chi connectivity index (χ2n) is 8.29. The third kappa shape index (κ3) is 6.30. The average Bonchev–Trinajstić information content (AvgIpc) is 2.96. The molecule has 0 fully saturated rings. The van der Waals surface area contributed by atoms with Crippen molar-refractivity contribution in [3.05, 3.63) is 122 Å². The molecule has 0 saturated carbocycles. The van der Waals surface area contributed by atoms with Crippen LogP contribution in [0.5, 0.6) is 11.5 Å². The monoisotopic (exact) mass is 476 g/mol. The van der Waals surface area contributed by atoms with Crippen LogP contribution >= 0.6 is 0 Å². The van der Waals surface area contributed by atoms with Gasteiger partial charge in [0.15, 0.2) is 37.9 Å². The van der Waals surface area contributed by atoms with Crippen LogP contribution in [-0.4, -0.2) is 23.2 Å². The zero-order valence-electron chi connectivity index (χ0n) is 20.0. The van der Waals surface area contributed by atoms with Gasteiger partial charge >= 0.3 is 0 Å². The summed E-state index contributed by atoms with van der Waals surface area (Å²) in [4.78, 5) is 8.14. The Bertz CT molecular complexity index is 1230. The maximum atomic E-state index is 5.91. The fraction of sp³-hybridized carbons (Fsp3) is 0.133. The molecule has 0 spiro atoms. The molecule has 5 aromatic rings. The van der Waals surface area contributed by atoms with Gasteiger partial charge in [-0.1, -0.05) is 0 Å². The first-order chi connectivity index (χ1) is 17.8. The molecule has 0 unspecified atom stereocenters. The normalized spacial score (nSPS) is 10.7. The minimum atomic E-state index is 0.589. The molecule has 36 heavy (non-hydrogen) atoms. The average molecular weight is 477 g/mol. The number of rotatable bonds is 10. The third-order valence-corrected chi connectivity index (χ3v) is 5.87. The van der Waals surface area contributed by atoms with E-state index in [0.717, 1.165) is 35.7 Å². The molecule has 6 nitrogen and oxygen atoms in total. The molecule has 178 valence electrons. The standard InChI is InChI=1S/C30H28N4O2/c1-2-30(36-24-22-34-19-11-28(12-20-34)26-7-15-32-16-8-26)4-3-29(1)35-23-21-33-17-9-27(10-18-33)25-5-13-31-14-6-25/h1-20H,21-24H2/q+2. The molecule has 0 amide bonds. The lowest BCUT2D eigenvalue weighted by Crippen LogP contribution is -2.35. The van der Waals surface area contributed by atoms with E-state index in [0.29, 0.717) is 13.2 Å². The Morgan fingerprint density at radius 1 is 0.444 bits per heavy atom. The van der Waals surface area contributed by atoms with Crippen molar-refractivity contribution >= 4 is 0 Å². The van der Waals surface area contributed by atoms with Crippen LogP contribution in [0.2, 0.25) is 0 Å². The SMILES string of the molecule is c1cc(-c2cc[n+](CCOc3ccc(OCC[n+]4ccc(-c5ccncc5)cc4)cc3)cc2)ccn1. The summed E-state index contributed by atoms with van der Waals surface area (Å²) >= 11 is 0. The van der Waals surface area contributed by atoms with E-state index in [1.165, 1.54) is 11.1 Å². The second kappa shape index (κ2) is 11.7. The zero-order valence-corrected chi connectivity index (χ0v) is 20.0. The van der Waals surface area contributed by atoms with Crippen LogP contribution in [-0.2, 0) is 13.1 Å². The van der Waals surface area contributed by atoms with Gasteiger partial charge < -0.3 is 9.47 Å². The molecule has 0 aliphatic carbocycles. The number of aromatic nitrogens is 4. The molecular weight excluding hydrogens is 448 g/mol. The van der Waals surface area contributed by atoms with E-state index in [-0.39, 0.29) is 0 Å². The van der Waals surface area contributed by atoms with Crippen LogP contribution in [0, 0.1) is 0 Å². The van der Waals surface area contributed by atoms with Gasteiger partial charge in [-0.2, -0.15) is 0 Å². The molecule has 0 aliphatic rings. The molecule has 0 atom stereocenters. The van der Waals surface area contributed by atoms with Crippen molar-refractivity contribution in [1.82, 2.24) is 9.97 Å². The van der Waals surface area contributed by atoms with E-state index in [2.05, 4.69) is 68.2 Å². The Labute approximate surface area is 211 Å². The number of nitrogens with zero attached hydrogens (tertiary/aromatic N) is 4. The molecular formula is C30H28N4O2+2. The van der Waals surface area contributed by atoms with Gasteiger partial charge in [-0.05, 0) is 70.8 Å². The van der Waals surface area contributed by atoms with Crippen molar-refractivity contribution in [3.63, 3.8) is 0 Å². The lowest BCUT2D eigenvalue weighted by molar-refractivity contribution is -0.697. The predicted octanol–water partition coefficient (Wildman–Crippen LogP) is 4.54.